The molecule has 0 bridgehead atoms. The van der Waals surface area contributed by atoms with Crippen LogP contribution in [0.3, 0.4) is 0 Å². The number of rotatable bonds is 3. The number of nitrogens with zero attached hydrogens (tertiary/aromatic N) is 3. The Kier molecular flexibility index (Phi) is 5.01. The highest BCUT2D eigenvalue weighted by Gasteiger charge is 2.16. The third kappa shape index (κ3) is 3.63. The van der Waals surface area contributed by atoms with Gasteiger partial charge in [-0.15, -0.1) is 11.3 Å². The molecule has 2 heterocycles. The van der Waals surface area contributed by atoms with Gasteiger partial charge in [0.25, 0.3) is 0 Å². The van der Waals surface area contributed by atoms with Gasteiger partial charge in [-0.1, -0.05) is 90.5 Å². The van der Waals surface area contributed by atoms with Crippen LogP contribution in [0, 0.1) is 0 Å². The van der Waals surface area contributed by atoms with Gasteiger partial charge < -0.3 is 0 Å². The van der Waals surface area contributed by atoms with E-state index in [1.165, 1.54) is 25.6 Å². The molecule has 0 atom stereocenters. The highest BCUT2D eigenvalue weighted by molar-refractivity contribution is 7.26. The molecule has 0 radical (unpaired) electrons. The quantitative estimate of drug-likeness (QED) is 0.243. The molecule has 0 saturated heterocycles. The second-order valence-corrected chi connectivity index (χ2v) is 10.1. The number of fused-ring (bicyclic) bond motifs is 4. The molecule has 3 nitrogen and oxygen atoms in total. The lowest BCUT2D eigenvalue weighted by atomic mass is 10.1. The summed E-state index contributed by atoms with van der Waals surface area (Å²) in [6, 6.07) is 37.1. The molecule has 0 N–H and O–H groups in total. The van der Waals surface area contributed by atoms with E-state index in [4.69, 9.17) is 26.6 Å². The van der Waals surface area contributed by atoms with Crippen molar-refractivity contribution in [3.8, 4) is 34.2 Å². The fraction of sp³-hybridized carbons (Fsp3) is 0. The maximum Gasteiger partial charge on any atom is 0.165 e. The van der Waals surface area contributed by atoms with E-state index in [1.807, 2.05) is 36.4 Å². The van der Waals surface area contributed by atoms with Crippen molar-refractivity contribution >= 4 is 53.9 Å². The lowest BCUT2D eigenvalue weighted by Crippen LogP contribution is -2.00. The molecule has 0 aliphatic rings. The molecule has 7 aromatic rings. The molecule has 0 unspecified atom stereocenters. The smallest absolute Gasteiger partial charge is 0.165 e. The van der Waals surface area contributed by atoms with E-state index >= 15 is 0 Å². The zero-order chi connectivity index (χ0) is 24.1. The number of thiophene rings is 1. The van der Waals surface area contributed by atoms with Crippen molar-refractivity contribution in [2.24, 2.45) is 0 Å². The van der Waals surface area contributed by atoms with Crippen LogP contribution in [0.5, 0.6) is 0 Å². The monoisotopic (exact) mass is 499 g/mol. The van der Waals surface area contributed by atoms with E-state index in [2.05, 4.69) is 72.8 Å². The zero-order valence-electron chi connectivity index (χ0n) is 19.0. The number of hydrogen-bond acceptors (Lipinski definition) is 4. The van der Waals surface area contributed by atoms with Crippen LogP contribution in [0.2, 0.25) is 5.02 Å². The molecule has 170 valence electrons. The van der Waals surface area contributed by atoms with E-state index in [0.29, 0.717) is 22.5 Å². The molecule has 5 aromatic carbocycles. The maximum absolute atomic E-state index is 6.33. The van der Waals surface area contributed by atoms with Crippen molar-refractivity contribution in [1.29, 1.82) is 0 Å². The van der Waals surface area contributed by atoms with E-state index in [9.17, 15) is 0 Å². The third-order valence-electron chi connectivity index (χ3n) is 6.37. The molecule has 0 aliphatic carbocycles. The van der Waals surface area contributed by atoms with Crippen LogP contribution in [-0.2, 0) is 0 Å². The van der Waals surface area contributed by atoms with E-state index in [-0.39, 0.29) is 0 Å². The summed E-state index contributed by atoms with van der Waals surface area (Å²) in [6.07, 6.45) is 0. The lowest BCUT2D eigenvalue weighted by molar-refractivity contribution is 1.08. The van der Waals surface area contributed by atoms with Gasteiger partial charge in [0.05, 0.1) is 0 Å². The van der Waals surface area contributed by atoms with Crippen LogP contribution < -0.4 is 0 Å². The minimum absolute atomic E-state index is 0.601. The Morgan fingerprint density at radius 3 is 2.08 bits per heavy atom. The van der Waals surface area contributed by atoms with Crippen molar-refractivity contribution in [2.45, 2.75) is 0 Å². The molecule has 7 rings (SSSR count). The predicted octanol–water partition coefficient (Wildman–Crippen LogP) is 9.05. The highest BCUT2D eigenvalue weighted by atomic mass is 35.5. The summed E-state index contributed by atoms with van der Waals surface area (Å²) in [5.74, 6) is 1.89. The first kappa shape index (κ1) is 21.2. The highest BCUT2D eigenvalue weighted by Crippen LogP contribution is 2.39. The number of aromatic nitrogens is 3. The van der Waals surface area contributed by atoms with Crippen LogP contribution in [0.4, 0.5) is 0 Å². The second kappa shape index (κ2) is 8.52. The van der Waals surface area contributed by atoms with Gasteiger partial charge in [0.1, 0.15) is 0 Å². The average Bonchev–Trinajstić information content (AvgIpc) is 3.31. The summed E-state index contributed by atoms with van der Waals surface area (Å²) >= 11 is 8.10. The molecular weight excluding hydrogens is 482 g/mol. The largest absolute Gasteiger partial charge is 0.208 e. The number of hydrogen-bond donors (Lipinski definition) is 0. The molecular formula is C31H18ClN3S. The topological polar surface area (TPSA) is 38.7 Å². The van der Waals surface area contributed by atoms with Crippen molar-refractivity contribution in [2.75, 3.05) is 0 Å². The summed E-state index contributed by atoms with van der Waals surface area (Å²) < 4.78 is 2.42. The van der Waals surface area contributed by atoms with E-state index < -0.39 is 0 Å². The van der Waals surface area contributed by atoms with Crippen molar-refractivity contribution in [3.05, 3.63) is 114 Å². The van der Waals surface area contributed by atoms with E-state index in [1.54, 1.807) is 11.3 Å². The van der Waals surface area contributed by atoms with Gasteiger partial charge in [-0.3, -0.25) is 0 Å². The average molecular weight is 500 g/mol. The van der Waals surface area contributed by atoms with Gasteiger partial charge in [-0.2, -0.15) is 0 Å². The third-order valence-corrected chi connectivity index (χ3v) is 7.83. The molecule has 2 aromatic heterocycles. The van der Waals surface area contributed by atoms with Gasteiger partial charge in [0.2, 0.25) is 0 Å². The van der Waals surface area contributed by atoms with Crippen LogP contribution in [0.1, 0.15) is 0 Å². The zero-order valence-corrected chi connectivity index (χ0v) is 20.6. The Morgan fingerprint density at radius 1 is 0.528 bits per heavy atom. The van der Waals surface area contributed by atoms with Crippen LogP contribution in [0.25, 0.3) is 65.1 Å². The second-order valence-electron chi connectivity index (χ2n) is 8.66. The summed E-state index contributed by atoms with van der Waals surface area (Å²) in [7, 11) is 0. The first-order valence-corrected chi connectivity index (χ1v) is 12.8. The summed E-state index contributed by atoms with van der Waals surface area (Å²) in [4.78, 5) is 14.8. The summed E-state index contributed by atoms with van der Waals surface area (Å²) in [5, 5.41) is 5.44. The molecule has 36 heavy (non-hydrogen) atoms. The molecule has 0 spiro atoms. The molecule has 0 fully saturated rings. The Balaban J connectivity index is 1.50. The van der Waals surface area contributed by atoms with Crippen molar-refractivity contribution in [3.63, 3.8) is 0 Å². The molecule has 0 saturated carbocycles. The SMILES string of the molecule is Clc1cccc(-c2nc(-c3ccc4ccccc4c3)nc(-c3cccc4c3sc3ccccc34)n2)c1. The number of halogens is 1. The first-order chi connectivity index (χ1) is 17.7. The summed E-state index contributed by atoms with van der Waals surface area (Å²) in [5.41, 5.74) is 2.81. The Labute approximate surface area is 216 Å². The van der Waals surface area contributed by atoms with Crippen LogP contribution >= 0.6 is 22.9 Å². The normalized spacial score (nSPS) is 11.5. The Hall–Kier alpha value is -4.12. The summed E-state index contributed by atoms with van der Waals surface area (Å²) in [6.45, 7) is 0. The molecule has 0 aliphatic heterocycles. The van der Waals surface area contributed by atoms with Gasteiger partial charge in [-0.25, -0.2) is 15.0 Å². The van der Waals surface area contributed by atoms with E-state index in [0.717, 1.165) is 22.1 Å². The van der Waals surface area contributed by atoms with Gasteiger partial charge in [-0.05, 0) is 41.1 Å². The van der Waals surface area contributed by atoms with Crippen molar-refractivity contribution in [1.82, 2.24) is 15.0 Å². The predicted molar refractivity (Wildman–Crippen MR) is 152 cm³/mol. The fourth-order valence-electron chi connectivity index (χ4n) is 4.63. The molecule has 5 heteroatoms. The molecule has 0 amide bonds. The first-order valence-electron chi connectivity index (χ1n) is 11.6. The lowest BCUT2D eigenvalue weighted by Gasteiger charge is -2.10. The standard InChI is InChI=1S/C31H18ClN3S/c32-23-10-5-9-21(18-23)29-33-30(22-16-15-19-7-1-2-8-20(19)17-22)35-31(34-29)26-13-6-12-25-24-11-3-4-14-27(24)36-28(25)26/h1-18H. The minimum Gasteiger partial charge on any atom is -0.208 e. The van der Waals surface area contributed by atoms with Gasteiger partial charge in [0.15, 0.2) is 17.5 Å². The maximum atomic E-state index is 6.33. The van der Waals surface area contributed by atoms with Gasteiger partial charge >= 0.3 is 0 Å². The van der Waals surface area contributed by atoms with Gasteiger partial charge in [0, 0.05) is 41.9 Å². The van der Waals surface area contributed by atoms with Crippen LogP contribution in [-0.4, -0.2) is 15.0 Å². The Morgan fingerprint density at radius 2 is 1.22 bits per heavy atom. The van der Waals surface area contributed by atoms with Crippen molar-refractivity contribution < 1.29 is 0 Å². The van der Waals surface area contributed by atoms with Crippen LogP contribution in [0.15, 0.2) is 109 Å². The Bertz CT molecular complexity index is 1930. The minimum atomic E-state index is 0.601. The fourth-order valence-corrected chi connectivity index (χ4v) is 6.04. The number of benzene rings is 5.